The van der Waals surface area contributed by atoms with Crippen molar-refractivity contribution < 1.29 is 4.79 Å². The number of hydrogen-bond donors (Lipinski definition) is 2. The molecule has 0 spiro atoms. The van der Waals surface area contributed by atoms with Crippen LogP contribution < -0.4 is 10.6 Å². The first-order valence-corrected chi connectivity index (χ1v) is 5.86. The van der Waals surface area contributed by atoms with Gasteiger partial charge >= 0.3 is 0 Å². The second kappa shape index (κ2) is 4.49. The number of rotatable bonds is 2. The van der Waals surface area contributed by atoms with Crippen LogP contribution >= 0.6 is 0 Å². The highest BCUT2D eigenvalue weighted by Gasteiger charge is 2.31. The molecule has 3 unspecified atom stereocenters. The van der Waals surface area contributed by atoms with Crippen molar-refractivity contribution in [1.29, 1.82) is 0 Å². The maximum absolute atomic E-state index is 11.9. The van der Waals surface area contributed by atoms with Gasteiger partial charge < -0.3 is 15.5 Å². The maximum Gasteiger partial charge on any atom is 0.224 e. The summed E-state index contributed by atoms with van der Waals surface area (Å²) in [4.78, 5) is 14.2. The Bertz CT molecular complexity index is 244. The SMILES string of the molecule is CC1CNCC1C(=O)NC1CCN(C)C1. The molecule has 0 bridgehead atoms. The Morgan fingerprint density at radius 3 is 2.80 bits per heavy atom. The molecular formula is C11H21N3O. The predicted molar refractivity (Wildman–Crippen MR) is 59.6 cm³/mol. The second-order valence-corrected chi connectivity index (χ2v) is 5.00. The molecule has 0 aromatic carbocycles. The zero-order chi connectivity index (χ0) is 10.8. The van der Waals surface area contributed by atoms with Crippen molar-refractivity contribution in [1.82, 2.24) is 15.5 Å². The molecule has 0 aromatic heterocycles. The Hall–Kier alpha value is -0.610. The minimum Gasteiger partial charge on any atom is -0.352 e. The summed E-state index contributed by atoms with van der Waals surface area (Å²) in [7, 11) is 2.10. The van der Waals surface area contributed by atoms with Crippen LogP contribution in [0.3, 0.4) is 0 Å². The molecule has 2 N–H and O–H groups in total. The van der Waals surface area contributed by atoms with Crippen molar-refractivity contribution in [2.75, 3.05) is 33.2 Å². The standard InChI is InChI=1S/C11H21N3O/c1-8-5-12-6-10(8)11(15)13-9-3-4-14(2)7-9/h8-10,12H,3-7H2,1-2H3,(H,13,15). The van der Waals surface area contributed by atoms with E-state index in [1.165, 1.54) is 0 Å². The van der Waals surface area contributed by atoms with Gasteiger partial charge in [-0.2, -0.15) is 0 Å². The molecule has 2 saturated heterocycles. The lowest BCUT2D eigenvalue weighted by molar-refractivity contribution is -0.126. The Morgan fingerprint density at radius 1 is 1.47 bits per heavy atom. The molecule has 0 radical (unpaired) electrons. The van der Waals surface area contributed by atoms with E-state index < -0.39 is 0 Å². The summed E-state index contributed by atoms with van der Waals surface area (Å²) >= 11 is 0. The van der Waals surface area contributed by atoms with Gasteiger partial charge in [0.05, 0.1) is 5.92 Å². The average molecular weight is 211 g/mol. The summed E-state index contributed by atoms with van der Waals surface area (Å²) in [5, 5.41) is 6.43. The summed E-state index contributed by atoms with van der Waals surface area (Å²) in [5.41, 5.74) is 0. The molecule has 2 rings (SSSR count). The highest BCUT2D eigenvalue weighted by atomic mass is 16.2. The second-order valence-electron chi connectivity index (χ2n) is 5.00. The fourth-order valence-corrected chi connectivity index (χ4v) is 2.52. The first kappa shape index (κ1) is 10.9. The summed E-state index contributed by atoms with van der Waals surface area (Å²) in [6, 6.07) is 0.371. The van der Waals surface area contributed by atoms with Gasteiger partial charge in [-0.05, 0) is 32.5 Å². The zero-order valence-electron chi connectivity index (χ0n) is 9.62. The molecule has 0 aliphatic carbocycles. The quantitative estimate of drug-likeness (QED) is 0.657. The monoisotopic (exact) mass is 211 g/mol. The first-order valence-electron chi connectivity index (χ1n) is 5.86. The van der Waals surface area contributed by atoms with Crippen molar-refractivity contribution in [3.05, 3.63) is 0 Å². The molecule has 15 heavy (non-hydrogen) atoms. The van der Waals surface area contributed by atoms with Crippen LogP contribution in [0.25, 0.3) is 0 Å². The molecule has 3 atom stereocenters. The van der Waals surface area contributed by atoms with Crippen molar-refractivity contribution >= 4 is 5.91 Å². The molecule has 0 aromatic rings. The van der Waals surface area contributed by atoms with Crippen molar-refractivity contribution in [2.45, 2.75) is 19.4 Å². The molecule has 1 amide bonds. The third-order valence-corrected chi connectivity index (χ3v) is 3.59. The van der Waals surface area contributed by atoms with Gasteiger partial charge in [-0.3, -0.25) is 4.79 Å². The predicted octanol–water partition coefficient (Wildman–Crippen LogP) is -0.338. The number of nitrogens with zero attached hydrogens (tertiary/aromatic N) is 1. The lowest BCUT2D eigenvalue weighted by Crippen LogP contribution is -2.42. The maximum atomic E-state index is 11.9. The fraction of sp³-hybridized carbons (Fsp3) is 0.909. The van der Waals surface area contributed by atoms with E-state index in [0.717, 1.165) is 32.6 Å². The van der Waals surface area contributed by atoms with Crippen LogP contribution in [0.1, 0.15) is 13.3 Å². The van der Waals surface area contributed by atoms with Crippen molar-refractivity contribution in [2.24, 2.45) is 11.8 Å². The summed E-state index contributed by atoms with van der Waals surface area (Å²) in [6.07, 6.45) is 1.09. The third kappa shape index (κ3) is 2.49. The van der Waals surface area contributed by atoms with E-state index in [-0.39, 0.29) is 11.8 Å². The van der Waals surface area contributed by atoms with E-state index in [0.29, 0.717) is 12.0 Å². The Labute approximate surface area is 91.4 Å². The number of likely N-dealkylation sites (N-methyl/N-ethyl adjacent to an activating group) is 1. The van der Waals surface area contributed by atoms with Crippen LogP contribution in [-0.4, -0.2) is 50.1 Å². The Kier molecular flexibility index (Phi) is 3.26. The van der Waals surface area contributed by atoms with Crippen LogP contribution in [-0.2, 0) is 4.79 Å². The number of likely N-dealkylation sites (tertiary alicyclic amines) is 1. The largest absolute Gasteiger partial charge is 0.352 e. The lowest BCUT2D eigenvalue weighted by Gasteiger charge is -2.18. The van der Waals surface area contributed by atoms with E-state index >= 15 is 0 Å². The van der Waals surface area contributed by atoms with E-state index in [1.54, 1.807) is 0 Å². The topological polar surface area (TPSA) is 44.4 Å². The van der Waals surface area contributed by atoms with Gasteiger partial charge in [-0.25, -0.2) is 0 Å². The molecule has 2 heterocycles. The number of carbonyl (C=O) groups excluding carboxylic acids is 1. The molecule has 2 aliphatic heterocycles. The van der Waals surface area contributed by atoms with E-state index in [4.69, 9.17) is 0 Å². The summed E-state index contributed by atoms with van der Waals surface area (Å²) < 4.78 is 0. The van der Waals surface area contributed by atoms with E-state index in [9.17, 15) is 4.79 Å². The molecule has 86 valence electrons. The molecule has 2 aliphatic rings. The van der Waals surface area contributed by atoms with Crippen LogP contribution in [0.15, 0.2) is 0 Å². The summed E-state index contributed by atoms with van der Waals surface area (Å²) in [6.45, 7) is 6.06. The van der Waals surface area contributed by atoms with Gasteiger partial charge in [-0.15, -0.1) is 0 Å². The normalized spacial score (nSPS) is 37.1. The number of carbonyl (C=O) groups is 1. The van der Waals surface area contributed by atoms with E-state index in [2.05, 4.69) is 29.5 Å². The minimum absolute atomic E-state index is 0.177. The van der Waals surface area contributed by atoms with Crippen LogP contribution in [0.2, 0.25) is 0 Å². The average Bonchev–Trinajstić information content (AvgIpc) is 2.75. The number of hydrogen-bond acceptors (Lipinski definition) is 3. The Morgan fingerprint density at radius 2 is 2.27 bits per heavy atom. The van der Waals surface area contributed by atoms with Gasteiger partial charge in [0.25, 0.3) is 0 Å². The van der Waals surface area contributed by atoms with Gasteiger partial charge in [0.2, 0.25) is 5.91 Å². The van der Waals surface area contributed by atoms with Gasteiger partial charge in [0.15, 0.2) is 0 Å². The highest BCUT2D eigenvalue weighted by molar-refractivity contribution is 5.79. The smallest absolute Gasteiger partial charge is 0.224 e. The fourth-order valence-electron chi connectivity index (χ4n) is 2.52. The van der Waals surface area contributed by atoms with E-state index in [1.807, 2.05) is 0 Å². The highest BCUT2D eigenvalue weighted by Crippen LogP contribution is 2.17. The minimum atomic E-state index is 0.177. The molecule has 4 nitrogen and oxygen atoms in total. The molecule has 0 saturated carbocycles. The summed E-state index contributed by atoms with van der Waals surface area (Å²) in [5.74, 6) is 0.896. The number of amides is 1. The Balaban J connectivity index is 1.81. The van der Waals surface area contributed by atoms with Gasteiger partial charge in [0, 0.05) is 19.1 Å². The lowest BCUT2D eigenvalue weighted by atomic mass is 9.97. The molecule has 2 fully saturated rings. The van der Waals surface area contributed by atoms with Gasteiger partial charge in [0.1, 0.15) is 0 Å². The number of nitrogens with one attached hydrogen (secondary N) is 2. The molecular weight excluding hydrogens is 190 g/mol. The van der Waals surface area contributed by atoms with Crippen LogP contribution in [0.5, 0.6) is 0 Å². The van der Waals surface area contributed by atoms with Crippen LogP contribution in [0, 0.1) is 11.8 Å². The first-order chi connectivity index (χ1) is 7.16. The third-order valence-electron chi connectivity index (χ3n) is 3.59. The van der Waals surface area contributed by atoms with Crippen LogP contribution in [0.4, 0.5) is 0 Å². The zero-order valence-corrected chi connectivity index (χ0v) is 9.62. The molecule has 4 heteroatoms. The van der Waals surface area contributed by atoms with Crippen molar-refractivity contribution in [3.8, 4) is 0 Å². The van der Waals surface area contributed by atoms with Gasteiger partial charge in [-0.1, -0.05) is 6.92 Å². The van der Waals surface area contributed by atoms with Crippen molar-refractivity contribution in [3.63, 3.8) is 0 Å².